The fourth-order valence-corrected chi connectivity index (χ4v) is 7.53. The second-order valence-corrected chi connectivity index (χ2v) is 16.2. The summed E-state index contributed by atoms with van der Waals surface area (Å²) >= 11 is 0. The molecule has 1 fully saturated rings. The molecule has 0 spiro atoms. The first kappa shape index (κ1) is 40.3. The van der Waals surface area contributed by atoms with Gasteiger partial charge >= 0.3 is 0 Å². The quantitative estimate of drug-likeness (QED) is 0.126. The van der Waals surface area contributed by atoms with Gasteiger partial charge in [-0.25, -0.2) is 23.4 Å². The van der Waals surface area contributed by atoms with Gasteiger partial charge in [0.05, 0.1) is 45.0 Å². The molecule has 1 aliphatic rings. The molecule has 5 aromatic rings. The predicted molar refractivity (Wildman–Crippen MR) is 218 cm³/mol. The van der Waals surface area contributed by atoms with Crippen LogP contribution in [0.4, 0.5) is 17.5 Å². The van der Waals surface area contributed by atoms with Crippen LogP contribution >= 0.6 is 0 Å². The van der Waals surface area contributed by atoms with E-state index in [0.29, 0.717) is 74.1 Å². The summed E-state index contributed by atoms with van der Waals surface area (Å²) in [5, 5.41) is 3.50. The number of piperazine rings is 1. The van der Waals surface area contributed by atoms with E-state index in [1.807, 2.05) is 67.7 Å². The Bertz CT molecular complexity index is 2160. The molecule has 0 radical (unpaired) electrons. The van der Waals surface area contributed by atoms with Gasteiger partial charge in [0, 0.05) is 57.1 Å². The van der Waals surface area contributed by atoms with E-state index in [9.17, 15) is 8.42 Å². The summed E-state index contributed by atoms with van der Waals surface area (Å²) in [4.78, 5) is 28.8. The van der Waals surface area contributed by atoms with Gasteiger partial charge in [0.2, 0.25) is 21.9 Å². The summed E-state index contributed by atoms with van der Waals surface area (Å²) in [7, 11) is 1.67. The van der Waals surface area contributed by atoms with Crippen molar-refractivity contribution >= 4 is 27.5 Å². The van der Waals surface area contributed by atoms with Gasteiger partial charge in [-0.2, -0.15) is 14.3 Å². The first-order chi connectivity index (χ1) is 26.8. The van der Waals surface area contributed by atoms with Crippen LogP contribution in [0, 0.1) is 6.92 Å². The van der Waals surface area contributed by atoms with Crippen LogP contribution in [0.15, 0.2) is 73.1 Å². The second kappa shape index (κ2) is 17.6. The third-order valence-corrected chi connectivity index (χ3v) is 11.3. The highest BCUT2D eigenvalue weighted by atomic mass is 32.2. The number of nitrogens with zero attached hydrogens (tertiary/aromatic N) is 8. The molecule has 0 aliphatic carbocycles. The van der Waals surface area contributed by atoms with Gasteiger partial charge in [-0.15, -0.1) is 0 Å². The van der Waals surface area contributed by atoms with Crippen molar-refractivity contribution in [2.75, 3.05) is 64.0 Å². The molecule has 56 heavy (non-hydrogen) atoms. The molecule has 296 valence electrons. The largest absolute Gasteiger partial charge is 0.497 e. The molecule has 1 atom stereocenters. The summed E-state index contributed by atoms with van der Waals surface area (Å²) in [5.41, 5.74) is 5.45. The Kier molecular flexibility index (Phi) is 12.7. The Labute approximate surface area is 330 Å². The van der Waals surface area contributed by atoms with Gasteiger partial charge < -0.3 is 24.4 Å². The standard InChI is InChI=1S/C41H51N9O5S/c1-27(2)36-22-33(24-43-40(36)55-7)46-38-37(21-32(23-42-38)28(3)48-17-19-50(20-18-48)56(8,51)52)39-44-29(4)45-41(47-39)49(25-30-9-13-34(53-5)14-10-30)26-31-11-15-35(54-6)16-12-31/h9-16,21-24,27-28H,17-20,25-26H2,1-8H3,(H,42,46)/t28-/m1/s1. The maximum Gasteiger partial charge on any atom is 0.229 e. The number of methoxy groups -OCH3 is 3. The monoisotopic (exact) mass is 781 g/mol. The molecule has 3 aromatic heterocycles. The van der Waals surface area contributed by atoms with Gasteiger partial charge in [0.1, 0.15) is 23.1 Å². The van der Waals surface area contributed by atoms with Crippen LogP contribution in [-0.2, 0) is 23.1 Å². The second-order valence-electron chi connectivity index (χ2n) is 14.2. The van der Waals surface area contributed by atoms with E-state index in [1.54, 1.807) is 27.5 Å². The van der Waals surface area contributed by atoms with Crippen LogP contribution < -0.4 is 24.4 Å². The number of pyridine rings is 2. The zero-order chi connectivity index (χ0) is 40.0. The highest BCUT2D eigenvalue weighted by Gasteiger charge is 2.28. The van der Waals surface area contributed by atoms with E-state index in [2.05, 4.69) is 46.9 Å². The fourth-order valence-electron chi connectivity index (χ4n) is 6.70. The lowest BCUT2D eigenvalue weighted by Crippen LogP contribution is -2.48. The zero-order valence-corrected chi connectivity index (χ0v) is 34.2. The number of sulfonamides is 1. The van der Waals surface area contributed by atoms with Crippen LogP contribution in [0.2, 0.25) is 0 Å². The Morgan fingerprint density at radius 1 is 0.786 bits per heavy atom. The average molecular weight is 782 g/mol. The Morgan fingerprint density at radius 2 is 1.39 bits per heavy atom. The molecule has 0 unspecified atom stereocenters. The predicted octanol–water partition coefficient (Wildman–Crippen LogP) is 6.37. The molecule has 1 N–H and O–H groups in total. The van der Waals surface area contributed by atoms with E-state index < -0.39 is 10.0 Å². The Hall–Kier alpha value is -5.38. The van der Waals surface area contributed by atoms with Gasteiger partial charge in [0.15, 0.2) is 5.82 Å². The lowest BCUT2D eigenvalue weighted by molar-refractivity contribution is 0.146. The van der Waals surface area contributed by atoms with Crippen molar-refractivity contribution in [3.05, 3.63) is 101 Å². The van der Waals surface area contributed by atoms with Crippen molar-refractivity contribution in [3.63, 3.8) is 0 Å². The molecule has 15 heteroatoms. The summed E-state index contributed by atoms with van der Waals surface area (Å²) < 4.78 is 42.3. The molecule has 14 nitrogen and oxygen atoms in total. The van der Waals surface area contributed by atoms with Gasteiger partial charge in [0.25, 0.3) is 0 Å². The van der Waals surface area contributed by atoms with Crippen molar-refractivity contribution in [2.45, 2.75) is 52.7 Å². The summed E-state index contributed by atoms with van der Waals surface area (Å²) in [6.07, 6.45) is 4.84. The van der Waals surface area contributed by atoms with Gasteiger partial charge in [-0.3, -0.25) is 4.90 Å². The third-order valence-electron chi connectivity index (χ3n) is 9.96. The molecule has 0 amide bonds. The number of aromatic nitrogens is 5. The maximum atomic E-state index is 12.2. The zero-order valence-electron chi connectivity index (χ0n) is 33.4. The van der Waals surface area contributed by atoms with Crippen molar-refractivity contribution in [2.24, 2.45) is 0 Å². The van der Waals surface area contributed by atoms with Crippen molar-refractivity contribution < 1.29 is 22.6 Å². The molecule has 0 bridgehead atoms. The molecule has 4 heterocycles. The number of ether oxygens (including phenoxy) is 3. The van der Waals surface area contributed by atoms with Crippen molar-refractivity contribution in [1.82, 2.24) is 34.1 Å². The molecular weight excluding hydrogens is 731 g/mol. The highest BCUT2D eigenvalue weighted by molar-refractivity contribution is 7.88. The minimum atomic E-state index is -3.26. The van der Waals surface area contributed by atoms with Crippen LogP contribution in [0.25, 0.3) is 11.4 Å². The normalized spacial score (nSPS) is 14.4. The van der Waals surface area contributed by atoms with Crippen LogP contribution in [-0.4, -0.2) is 96.3 Å². The average Bonchev–Trinajstić information content (AvgIpc) is 3.20. The highest BCUT2D eigenvalue weighted by Crippen LogP contribution is 2.34. The topological polar surface area (TPSA) is 148 Å². The number of nitrogens with one attached hydrogen (secondary N) is 1. The number of hydrogen-bond donors (Lipinski definition) is 1. The minimum Gasteiger partial charge on any atom is -0.497 e. The maximum absolute atomic E-state index is 12.2. The first-order valence-electron chi connectivity index (χ1n) is 18.6. The van der Waals surface area contributed by atoms with Crippen LogP contribution in [0.3, 0.4) is 0 Å². The van der Waals surface area contributed by atoms with E-state index in [-0.39, 0.29) is 12.0 Å². The number of rotatable bonds is 15. The number of hydrogen-bond acceptors (Lipinski definition) is 13. The first-order valence-corrected chi connectivity index (χ1v) is 20.4. The molecule has 1 aliphatic heterocycles. The summed E-state index contributed by atoms with van der Waals surface area (Å²) in [6, 6.07) is 20.0. The van der Waals surface area contributed by atoms with Crippen molar-refractivity contribution in [1.29, 1.82) is 0 Å². The molecule has 6 rings (SSSR count). The lowest BCUT2D eigenvalue weighted by Gasteiger charge is -2.37. The van der Waals surface area contributed by atoms with E-state index in [1.165, 1.54) is 10.6 Å². The van der Waals surface area contributed by atoms with E-state index in [0.717, 1.165) is 39.4 Å². The van der Waals surface area contributed by atoms with Crippen LogP contribution in [0.5, 0.6) is 17.4 Å². The summed E-state index contributed by atoms with van der Waals surface area (Å²) in [6.45, 7) is 11.3. The van der Waals surface area contributed by atoms with E-state index in [4.69, 9.17) is 34.1 Å². The summed E-state index contributed by atoms with van der Waals surface area (Å²) in [5.74, 6) is 4.37. The fraction of sp³-hybridized carbons (Fsp3) is 0.390. The number of benzene rings is 2. The van der Waals surface area contributed by atoms with Crippen LogP contribution in [0.1, 0.15) is 60.8 Å². The number of aryl methyl sites for hydroxylation is 1. The number of anilines is 3. The molecular formula is C41H51N9O5S. The third kappa shape index (κ3) is 9.70. The van der Waals surface area contributed by atoms with Gasteiger partial charge in [-0.1, -0.05) is 38.1 Å². The van der Waals surface area contributed by atoms with Gasteiger partial charge in [-0.05, 0) is 72.9 Å². The molecule has 0 saturated carbocycles. The lowest BCUT2D eigenvalue weighted by atomic mass is 10.0. The Balaban J connectivity index is 1.42. The smallest absolute Gasteiger partial charge is 0.229 e. The SMILES string of the molecule is COc1ccc(CN(Cc2ccc(OC)cc2)c2nc(C)nc(-c3cc([C@@H](C)N4CCN(S(C)(=O)=O)CC4)cnc3Nc3cnc(OC)c(C(C)C)c3)n2)cc1. The molecule has 2 aromatic carbocycles. The van der Waals surface area contributed by atoms with E-state index >= 15 is 0 Å². The Morgan fingerprint density at radius 3 is 1.93 bits per heavy atom. The molecule has 1 saturated heterocycles. The minimum absolute atomic E-state index is 0.0590. The van der Waals surface area contributed by atoms with Crippen molar-refractivity contribution in [3.8, 4) is 28.8 Å².